The van der Waals surface area contributed by atoms with Crippen LogP contribution in [-0.2, 0) is 12.0 Å². The summed E-state index contributed by atoms with van der Waals surface area (Å²) in [4.78, 5) is 4.35. The third-order valence-electron chi connectivity index (χ3n) is 3.21. The molecule has 0 saturated heterocycles. The highest BCUT2D eigenvalue weighted by Crippen LogP contribution is 2.19. The van der Waals surface area contributed by atoms with Gasteiger partial charge >= 0.3 is 0 Å². The summed E-state index contributed by atoms with van der Waals surface area (Å²) in [6.07, 6.45) is 0.619. The number of nitrogens with two attached hydrogens (primary N) is 1. The molecule has 2 N–H and O–H groups in total. The highest BCUT2D eigenvalue weighted by atomic mass is 16.5. The highest BCUT2D eigenvalue weighted by Gasteiger charge is 2.21. The molecule has 1 heterocycles. The van der Waals surface area contributed by atoms with Crippen molar-refractivity contribution in [1.29, 1.82) is 0 Å². The van der Waals surface area contributed by atoms with Gasteiger partial charge in [-0.1, -0.05) is 47.6 Å². The number of hydrogen-bond donors (Lipinski definition) is 1. The minimum Gasteiger partial charge on any atom is -0.339 e. The molecule has 0 saturated carbocycles. The standard InChI is InChI=1S/C16H17N3O/c1-16(2,17)15-18-14(20-19-15)10-11-7-8-12-5-3-4-6-13(12)9-11/h3-9H,10,17H2,1-2H3. The van der Waals surface area contributed by atoms with Crippen molar-refractivity contribution in [1.82, 2.24) is 10.1 Å². The van der Waals surface area contributed by atoms with Gasteiger partial charge in [-0.25, -0.2) is 0 Å². The number of benzene rings is 2. The van der Waals surface area contributed by atoms with Gasteiger partial charge in [-0.15, -0.1) is 0 Å². The lowest BCUT2D eigenvalue weighted by molar-refractivity contribution is 0.365. The van der Waals surface area contributed by atoms with Gasteiger partial charge in [-0.3, -0.25) is 0 Å². The van der Waals surface area contributed by atoms with E-state index in [2.05, 4.69) is 40.5 Å². The first-order valence-corrected chi connectivity index (χ1v) is 6.62. The summed E-state index contributed by atoms with van der Waals surface area (Å²) < 4.78 is 5.27. The first-order valence-electron chi connectivity index (χ1n) is 6.62. The fraction of sp³-hybridized carbons (Fsp3) is 0.250. The molecule has 0 bridgehead atoms. The van der Waals surface area contributed by atoms with Crippen molar-refractivity contribution in [2.75, 3.05) is 0 Å². The molecule has 20 heavy (non-hydrogen) atoms. The predicted molar refractivity (Wildman–Crippen MR) is 78.3 cm³/mol. The van der Waals surface area contributed by atoms with Crippen molar-refractivity contribution < 1.29 is 4.52 Å². The molecule has 3 aromatic rings. The molecule has 0 radical (unpaired) electrons. The maximum Gasteiger partial charge on any atom is 0.231 e. The second-order valence-electron chi connectivity index (χ2n) is 5.59. The molecule has 0 aliphatic carbocycles. The van der Waals surface area contributed by atoms with Crippen molar-refractivity contribution in [3.8, 4) is 0 Å². The zero-order valence-corrected chi connectivity index (χ0v) is 11.6. The highest BCUT2D eigenvalue weighted by molar-refractivity contribution is 5.83. The van der Waals surface area contributed by atoms with Gasteiger partial charge in [0.1, 0.15) is 0 Å². The lowest BCUT2D eigenvalue weighted by Crippen LogP contribution is -2.30. The number of hydrogen-bond acceptors (Lipinski definition) is 4. The van der Waals surface area contributed by atoms with Crippen molar-refractivity contribution in [2.24, 2.45) is 5.73 Å². The van der Waals surface area contributed by atoms with Crippen molar-refractivity contribution >= 4 is 10.8 Å². The quantitative estimate of drug-likeness (QED) is 0.792. The summed E-state index contributed by atoms with van der Waals surface area (Å²) in [6, 6.07) is 14.6. The molecule has 1 aromatic heterocycles. The van der Waals surface area contributed by atoms with E-state index < -0.39 is 5.54 Å². The second kappa shape index (κ2) is 4.72. The van der Waals surface area contributed by atoms with Gasteiger partial charge in [-0.2, -0.15) is 4.98 Å². The molecule has 4 heteroatoms. The zero-order valence-electron chi connectivity index (χ0n) is 11.6. The monoisotopic (exact) mass is 267 g/mol. The van der Waals surface area contributed by atoms with Crippen LogP contribution in [-0.4, -0.2) is 10.1 Å². The SMILES string of the molecule is CC(C)(N)c1noc(Cc2ccc3ccccc3c2)n1. The number of aromatic nitrogens is 2. The van der Waals surface area contributed by atoms with Gasteiger partial charge in [0.2, 0.25) is 5.89 Å². The van der Waals surface area contributed by atoms with E-state index in [-0.39, 0.29) is 0 Å². The van der Waals surface area contributed by atoms with Crippen LogP contribution in [0.5, 0.6) is 0 Å². The fourth-order valence-electron chi connectivity index (χ4n) is 2.11. The topological polar surface area (TPSA) is 64.9 Å². The van der Waals surface area contributed by atoms with E-state index >= 15 is 0 Å². The molecule has 0 spiro atoms. The Kier molecular flexibility index (Phi) is 3.03. The van der Waals surface area contributed by atoms with Crippen molar-refractivity contribution in [3.05, 3.63) is 59.7 Å². The molecule has 4 nitrogen and oxygen atoms in total. The molecule has 0 aliphatic rings. The molecule has 0 fully saturated rings. The van der Waals surface area contributed by atoms with Gasteiger partial charge in [0, 0.05) is 0 Å². The summed E-state index contributed by atoms with van der Waals surface area (Å²) in [6.45, 7) is 3.72. The zero-order chi connectivity index (χ0) is 14.2. The smallest absolute Gasteiger partial charge is 0.231 e. The van der Waals surface area contributed by atoms with Gasteiger partial charge in [0.05, 0.1) is 12.0 Å². The summed E-state index contributed by atoms with van der Waals surface area (Å²) in [5.41, 5.74) is 6.52. The van der Waals surface area contributed by atoms with Crippen LogP contribution in [0.3, 0.4) is 0 Å². The molecule has 0 aliphatic heterocycles. The molecule has 2 aromatic carbocycles. The first kappa shape index (κ1) is 12.8. The van der Waals surface area contributed by atoms with E-state index in [0.717, 1.165) is 5.56 Å². The van der Waals surface area contributed by atoms with Crippen molar-refractivity contribution in [2.45, 2.75) is 25.8 Å². The summed E-state index contributed by atoms with van der Waals surface area (Å²) in [7, 11) is 0. The largest absolute Gasteiger partial charge is 0.339 e. The number of nitrogens with zero attached hydrogens (tertiary/aromatic N) is 2. The van der Waals surface area contributed by atoms with E-state index in [4.69, 9.17) is 10.3 Å². The normalized spacial score (nSPS) is 11.9. The minimum atomic E-state index is -0.578. The van der Waals surface area contributed by atoms with E-state index in [1.807, 2.05) is 26.0 Å². The van der Waals surface area contributed by atoms with Gasteiger partial charge in [0.15, 0.2) is 5.82 Å². The summed E-state index contributed by atoms with van der Waals surface area (Å²) in [5, 5.41) is 6.37. The Labute approximate surface area is 117 Å². The Morgan fingerprint density at radius 1 is 1.10 bits per heavy atom. The molecular weight excluding hydrogens is 250 g/mol. The second-order valence-corrected chi connectivity index (χ2v) is 5.59. The average molecular weight is 267 g/mol. The first-order chi connectivity index (χ1) is 9.52. The molecule has 102 valence electrons. The van der Waals surface area contributed by atoms with Crippen LogP contribution >= 0.6 is 0 Å². The van der Waals surface area contributed by atoms with E-state index in [1.54, 1.807) is 0 Å². The molecular formula is C16H17N3O. The third-order valence-corrected chi connectivity index (χ3v) is 3.21. The lowest BCUT2D eigenvalue weighted by Gasteiger charge is -2.11. The Morgan fingerprint density at radius 3 is 2.55 bits per heavy atom. The van der Waals surface area contributed by atoms with Gasteiger partial charge in [0.25, 0.3) is 0 Å². The van der Waals surface area contributed by atoms with E-state index in [0.29, 0.717) is 18.1 Å². The predicted octanol–water partition coefficient (Wildman–Crippen LogP) is 3.01. The van der Waals surface area contributed by atoms with Crippen LogP contribution in [0.25, 0.3) is 10.8 Å². The van der Waals surface area contributed by atoms with Crippen LogP contribution in [0.2, 0.25) is 0 Å². The Morgan fingerprint density at radius 2 is 1.85 bits per heavy atom. The maximum atomic E-state index is 5.95. The molecule has 0 atom stereocenters. The lowest BCUT2D eigenvalue weighted by atomic mass is 10.0. The summed E-state index contributed by atoms with van der Waals surface area (Å²) in [5.74, 6) is 1.13. The maximum absolute atomic E-state index is 5.95. The van der Waals surface area contributed by atoms with Crippen LogP contribution in [0, 0.1) is 0 Å². The van der Waals surface area contributed by atoms with Gasteiger partial charge in [-0.05, 0) is 30.2 Å². The Balaban J connectivity index is 1.87. The van der Waals surface area contributed by atoms with Crippen LogP contribution in [0.1, 0.15) is 31.1 Å². The van der Waals surface area contributed by atoms with E-state index in [1.165, 1.54) is 10.8 Å². The minimum absolute atomic E-state index is 0.535. The molecule has 3 rings (SSSR count). The van der Waals surface area contributed by atoms with Crippen molar-refractivity contribution in [3.63, 3.8) is 0 Å². The summed E-state index contributed by atoms with van der Waals surface area (Å²) >= 11 is 0. The molecule has 0 unspecified atom stereocenters. The Bertz CT molecular complexity index is 741. The number of fused-ring (bicyclic) bond motifs is 1. The number of rotatable bonds is 3. The average Bonchev–Trinajstić information content (AvgIpc) is 2.87. The van der Waals surface area contributed by atoms with E-state index in [9.17, 15) is 0 Å². The van der Waals surface area contributed by atoms with Crippen LogP contribution in [0.15, 0.2) is 47.0 Å². The van der Waals surface area contributed by atoms with Crippen LogP contribution < -0.4 is 5.73 Å². The van der Waals surface area contributed by atoms with Crippen LogP contribution in [0.4, 0.5) is 0 Å². The fourth-order valence-corrected chi connectivity index (χ4v) is 2.11. The molecule has 0 amide bonds. The van der Waals surface area contributed by atoms with Gasteiger partial charge < -0.3 is 10.3 Å². The third kappa shape index (κ3) is 2.56. The Hall–Kier alpha value is -2.20.